The first-order valence-electron chi connectivity index (χ1n) is 6.25. The second-order valence-corrected chi connectivity index (χ2v) is 4.86. The van der Waals surface area contributed by atoms with Crippen LogP contribution in [0, 0.1) is 13.8 Å². The first kappa shape index (κ1) is 12.3. The molecule has 0 fully saturated rings. The number of hydrogen-bond donors (Lipinski definition) is 1. The Balaban J connectivity index is 2.61. The molecule has 0 saturated carbocycles. The lowest BCUT2D eigenvalue weighted by Gasteiger charge is -2.07. The Bertz CT molecular complexity index is 948. The lowest BCUT2D eigenvalue weighted by molar-refractivity contribution is 0.565. The van der Waals surface area contributed by atoms with Gasteiger partial charge in [0.05, 0.1) is 11.0 Å². The number of para-hydroxylation sites is 1. The van der Waals surface area contributed by atoms with Gasteiger partial charge in [0.25, 0.3) is 0 Å². The van der Waals surface area contributed by atoms with Crippen LogP contribution in [0.25, 0.3) is 21.8 Å². The zero-order valence-electron chi connectivity index (χ0n) is 11.2. The summed E-state index contributed by atoms with van der Waals surface area (Å²) < 4.78 is 0. The minimum atomic E-state index is -0.0470. The molecular formula is C16H12N2O2. The van der Waals surface area contributed by atoms with E-state index in [1.54, 1.807) is 18.2 Å². The van der Waals surface area contributed by atoms with E-state index in [-0.39, 0.29) is 5.43 Å². The van der Waals surface area contributed by atoms with Gasteiger partial charge in [-0.1, -0.05) is 12.1 Å². The number of nitrogens with one attached hydrogen (secondary N) is 1. The summed E-state index contributed by atoms with van der Waals surface area (Å²) in [6.45, 7) is 3.90. The molecule has 0 radical (unpaired) electrons. The number of aryl methyl sites for hydroxylation is 2. The smallest absolute Gasteiger partial charge is 0.240 e. The van der Waals surface area contributed by atoms with E-state index in [1.807, 2.05) is 26.0 Å². The van der Waals surface area contributed by atoms with Crippen LogP contribution in [0.1, 0.15) is 11.1 Å². The van der Waals surface area contributed by atoms with Crippen molar-refractivity contribution in [1.29, 1.82) is 0 Å². The van der Waals surface area contributed by atoms with Crippen molar-refractivity contribution in [2.24, 2.45) is 4.99 Å². The number of aromatic amines is 1. The molecule has 2 aromatic carbocycles. The number of pyridine rings is 1. The summed E-state index contributed by atoms with van der Waals surface area (Å²) in [5.41, 5.74) is 3.71. The van der Waals surface area contributed by atoms with Crippen molar-refractivity contribution in [3.63, 3.8) is 0 Å². The van der Waals surface area contributed by atoms with Gasteiger partial charge in [0.2, 0.25) is 6.08 Å². The van der Waals surface area contributed by atoms with Crippen LogP contribution in [0.2, 0.25) is 0 Å². The fourth-order valence-electron chi connectivity index (χ4n) is 2.64. The molecule has 20 heavy (non-hydrogen) atoms. The van der Waals surface area contributed by atoms with E-state index in [0.717, 1.165) is 16.6 Å². The van der Waals surface area contributed by atoms with Crippen LogP contribution in [0.4, 0.5) is 5.69 Å². The van der Waals surface area contributed by atoms with Crippen LogP contribution in [-0.2, 0) is 4.79 Å². The Kier molecular flexibility index (Phi) is 2.74. The van der Waals surface area contributed by atoms with E-state index in [4.69, 9.17) is 0 Å². The third-order valence-electron chi connectivity index (χ3n) is 3.42. The lowest BCUT2D eigenvalue weighted by atomic mass is 10.0. The summed E-state index contributed by atoms with van der Waals surface area (Å²) in [6, 6.07) is 9.03. The van der Waals surface area contributed by atoms with Crippen LogP contribution < -0.4 is 5.43 Å². The molecule has 0 aliphatic rings. The van der Waals surface area contributed by atoms with Crippen molar-refractivity contribution in [3.05, 3.63) is 51.7 Å². The third kappa shape index (κ3) is 1.75. The van der Waals surface area contributed by atoms with Crippen LogP contribution >= 0.6 is 0 Å². The summed E-state index contributed by atoms with van der Waals surface area (Å²) in [5, 5.41) is 1.20. The molecule has 4 heteroatoms. The van der Waals surface area contributed by atoms with E-state index >= 15 is 0 Å². The Morgan fingerprint density at radius 2 is 2.00 bits per heavy atom. The molecule has 98 valence electrons. The monoisotopic (exact) mass is 264 g/mol. The molecule has 1 heterocycles. The molecule has 0 bridgehead atoms. The number of fused-ring (bicyclic) bond motifs is 2. The molecule has 0 saturated heterocycles. The minimum absolute atomic E-state index is 0.0470. The second-order valence-electron chi connectivity index (χ2n) is 4.86. The zero-order chi connectivity index (χ0) is 14.3. The fraction of sp³-hybridized carbons (Fsp3) is 0.125. The molecule has 0 aliphatic carbocycles. The predicted molar refractivity (Wildman–Crippen MR) is 79.3 cm³/mol. The molecule has 0 spiro atoms. The average molecular weight is 264 g/mol. The molecule has 0 atom stereocenters. The minimum Gasteiger partial charge on any atom is -0.353 e. The molecule has 3 rings (SSSR count). The van der Waals surface area contributed by atoms with Crippen LogP contribution in [0.3, 0.4) is 0 Å². The zero-order valence-corrected chi connectivity index (χ0v) is 11.2. The summed E-state index contributed by atoms with van der Waals surface area (Å²) >= 11 is 0. The SMILES string of the molecule is Cc1cc(C)c2c(=O)c3cccc(N=C=O)c3[nH]c2c1. The number of benzene rings is 2. The van der Waals surface area contributed by atoms with Crippen LogP contribution in [-0.4, -0.2) is 11.1 Å². The van der Waals surface area contributed by atoms with Gasteiger partial charge in [-0.25, -0.2) is 4.79 Å². The Hall–Kier alpha value is -2.71. The van der Waals surface area contributed by atoms with Crippen molar-refractivity contribution in [2.75, 3.05) is 0 Å². The van der Waals surface area contributed by atoms with E-state index in [1.165, 1.54) is 6.08 Å². The molecule has 0 aliphatic heterocycles. The standard InChI is InChI=1S/C16H12N2O2/c1-9-6-10(2)14-13(7-9)18-15-11(16(14)20)4-3-5-12(15)17-8-19/h3-7H,1-2H3,(H,18,20). The second kappa shape index (κ2) is 4.44. The quantitative estimate of drug-likeness (QED) is 0.416. The van der Waals surface area contributed by atoms with Gasteiger partial charge in [-0.15, -0.1) is 0 Å². The van der Waals surface area contributed by atoms with Gasteiger partial charge in [-0.05, 0) is 43.2 Å². The number of aromatic nitrogens is 1. The summed E-state index contributed by atoms with van der Waals surface area (Å²) in [6.07, 6.45) is 1.52. The van der Waals surface area contributed by atoms with Crippen molar-refractivity contribution < 1.29 is 4.79 Å². The van der Waals surface area contributed by atoms with Crippen molar-refractivity contribution in [2.45, 2.75) is 13.8 Å². The summed E-state index contributed by atoms with van der Waals surface area (Å²) in [4.78, 5) is 30.0. The average Bonchev–Trinajstić information content (AvgIpc) is 2.39. The molecule has 0 amide bonds. The molecular weight excluding hydrogens is 252 g/mol. The Labute approximate surface area is 114 Å². The Morgan fingerprint density at radius 1 is 1.20 bits per heavy atom. The topological polar surface area (TPSA) is 62.3 Å². The lowest BCUT2D eigenvalue weighted by Crippen LogP contribution is -2.06. The van der Waals surface area contributed by atoms with E-state index in [9.17, 15) is 9.59 Å². The number of carbonyl (C=O) groups excluding carboxylic acids is 1. The van der Waals surface area contributed by atoms with Gasteiger partial charge in [0.1, 0.15) is 5.69 Å². The van der Waals surface area contributed by atoms with E-state index in [0.29, 0.717) is 22.0 Å². The fourth-order valence-corrected chi connectivity index (χ4v) is 2.64. The molecule has 1 aromatic heterocycles. The maximum atomic E-state index is 12.6. The number of aliphatic imine (C=N–C) groups is 1. The Morgan fingerprint density at radius 3 is 2.75 bits per heavy atom. The maximum absolute atomic E-state index is 12.6. The number of hydrogen-bond acceptors (Lipinski definition) is 3. The van der Waals surface area contributed by atoms with Crippen molar-refractivity contribution in [3.8, 4) is 0 Å². The highest BCUT2D eigenvalue weighted by molar-refractivity contribution is 5.99. The molecule has 3 aromatic rings. The van der Waals surface area contributed by atoms with Gasteiger partial charge >= 0.3 is 0 Å². The van der Waals surface area contributed by atoms with Gasteiger partial charge in [-0.2, -0.15) is 4.99 Å². The van der Waals surface area contributed by atoms with Gasteiger partial charge in [-0.3, -0.25) is 4.79 Å². The van der Waals surface area contributed by atoms with Gasteiger partial charge in [0, 0.05) is 10.8 Å². The van der Waals surface area contributed by atoms with Crippen molar-refractivity contribution in [1.82, 2.24) is 4.98 Å². The summed E-state index contributed by atoms with van der Waals surface area (Å²) in [7, 11) is 0. The normalized spacial score (nSPS) is 10.7. The number of rotatable bonds is 1. The van der Waals surface area contributed by atoms with Gasteiger partial charge < -0.3 is 4.98 Å². The number of nitrogens with zero attached hydrogens (tertiary/aromatic N) is 1. The molecule has 0 unspecified atom stereocenters. The summed E-state index contributed by atoms with van der Waals surface area (Å²) in [5.74, 6) is 0. The third-order valence-corrected chi connectivity index (χ3v) is 3.42. The molecule has 4 nitrogen and oxygen atoms in total. The predicted octanol–water partition coefficient (Wildman–Crippen LogP) is 3.27. The maximum Gasteiger partial charge on any atom is 0.240 e. The highest BCUT2D eigenvalue weighted by Gasteiger charge is 2.10. The largest absolute Gasteiger partial charge is 0.353 e. The van der Waals surface area contributed by atoms with E-state index < -0.39 is 0 Å². The first-order chi connectivity index (χ1) is 9.61. The molecule has 1 N–H and O–H groups in total. The number of H-pyrrole nitrogens is 1. The first-order valence-corrected chi connectivity index (χ1v) is 6.25. The highest BCUT2D eigenvalue weighted by Crippen LogP contribution is 2.25. The van der Waals surface area contributed by atoms with Crippen LogP contribution in [0.15, 0.2) is 40.1 Å². The highest BCUT2D eigenvalue weighted by atomic mass is 16.1. The van der Waals surface area contributed by atoms with Gasteiger partial charge in [0.15, 0.2) is 5.43 Å². The van der Waals surface area contributed by atoms with E-state index in [2.05, 4.69) is 9.98 Å². The number of isocyanates is 1. The van der Waals surface area contributed by atoms with Crippen molar-refractivity contribution >= 4 is 33.6 Å². The van der Waals surface area contributed by atoms with Crippen LogP contribution in [0.5, 0.6) is 0 Å².